The van der Waals surface area contributed by atoms with Crippen LogP contribution in [0.2, 0.25) is 0 Å². The summed E-state index contributed by atoms with van der Waals surface area (Å²) in [6.07, 6.45) is 3.44. The molecule has 3 rings (SSSR count). The number of anilines is 1. The Morgan fingerprint density at radius 3 is 2.24 bits per heavy atom. The van der Waals surface area contributed by atoms with Crippen LogP contribution >= 0.6 is 0 Å². The number of hydrogen-bond donors (Lipinski definition) is 1. The summed E-state index contributed by atoms with van der Waals surface area (Å²) in [7, 11) is 0. The van der Waals surface area contributed by atoms with Gasteiger partial charge in [0, 0.05) is 5.69 Å². The summed E-state index contributed by atoms with van der Waals surface area (Å²) >= 11 is 0. The Hall–Kier alpha value is -2.37. The van der Waals surface area contributed by atoms with E-state index in [-0.39, 0.29) is 29.6 Å². The number of nitrogens with zero attached hydrogens (tertiary/aromatic N) is 1. The molecule has 1 heterocycles. The summed E-state index contributed by atoms with van der Waals surface area (Å²) in [4.78, 5) is 38.8. The molecular formula is C19H24N2O4. The first-order valence-electron chi connectivity index (χ1n) is 8.93. The molecule has 1 aromatic rings. The number of carbonyl (C=O) groups excluding carboxylic acids is 3. The van der Waals surface area contributed by atoms with E-state index in [4.69, 9.17) is 4.74 Å². The Morgan fingerprint density at radius 2 is 1.72 bits per heavy atom. The summed E-state index contributed by atoms with van der Waals surface area (Å²) in [5, 5.41) is 2.77. The molecule has 6 heteroatoms. The highest BCUT2D eigenvalue weighted by Gasteiger charge is 2.50. The van der Waals surface area contributed by atoms with E-state index in [1.165, 1.54) is 4.90 Å². The van der Waals surface area contributed by atoms with Crippen LogP contribution in [-0.2, 0) is 14.4 Å². The molecule has 0 radical (unpaired) electrons. The van der Waals surface area contributed by atoms with Crippen molar-refractivity contribution in [2.24, 2.45) is 11.8 Å². The molecule has 0 spiro atoms. The third-order valence-electron chi connectivity index (χ3n) is 5.07. The fourth-order valence-corrected chi connectivity index (χ4v) is 3.73. The van der Waals surface area contributed by atoms with Gasteiger partial charge >= 0.3 is 0 Å². The Labute approximate surface area is 147 Å². The van der Waals surface area contributed by atoms with Gasteiger partial charge in [0.15, 0.2) is 0 Å². The van der Waals surface area contributed by atoms with Crippen molar-refractivity contribution in [3.8, 4) is 5.75 Å². The Kier molecular flexibility index (Phi) is 5.06. The summed E-state index contributed by atoms with van der Waals surface area (Å²) in [5.74, 6) is -0.482. The summed E-state index contributed by atoms with van der Waals surface area (Å²) in [5.41, 5.74) is 0.608. The van der Waals surface area contributed by atoms with Crippen molar-refractivity contribution in [2.75, 3.05) is 11.9 Å². The lowest BCUT2D eigenvalue weighted by Gasteiger charge is -2.22. The summed E-state index contributed by atoms with van der Waals surface area (Å²) < 4.78 is 5.37. The lowest BCUT2D eigenvalue weighted by atomic mass is 9.81. The van der Waals surface area contributed by atoms with Gasteiger partial charge in [-0.15, -0.1) is 0 Å². The van der Waals surface area contributed by atoms with Gasteiger partial charge in [0.1, 0.15) is 11.8 Å². The first-order chi connectivity index (χ1) is 12.0. The Bertz CT molecular complexity index is 647. The molecule has 1 saturated carbocycles. The van der Waals surface area contributed by atoms with Crippen molar-refractivity contribution in [1.29, 1.82) is 0 Å². The molecular weight excluding hydrogens is 320 g/mol. The first kappa shape index (κ1) is 17.5. The van der Waals surface area contributed by atoms with Crippen LogP contribution < -0.4 is 10.1 Å². The SMILES string of the molecule is CCOc1ccc(NC(=O)C(C)N2C(=O)C3CCCCC3C2=O)cc1. The zero-order valence-corrected chi connectivity index (χ0v) is 14.7. The molecule has 3 unspecified atom stereocenters. The molecule has 2 aliphatic rings. The smallest absolute Gasteiger partial charge is 0.247 e. The molecule has 134 valence electrons. The van der Waals surface area contributed by atoms with Gasteiger partial charge in [-0.2, -0.15) is 0 Å². The van der Waals surface area contributed by atoms with Crippen LogP contribution in [0, 0.1) is 11.8 Å². The minimum Gasteiger partial charge on any atom is -0.494 e. The normalized spacial score (nSPS) is 24.0. The number of rotatable bonds is 5. The average molecular weight is 344 g/mol. The van der Waals surface area contributed by atoms with E-state index < -0.39 is 6.04 Å². The number of carbonyl (C=O) groups is 3. The predicted octanol–water partition coefficient (Wildman–Crippen LogP) is 2.59. The van der Waals surface area contributed by atoms with Crippen molar-refractivity contribution >= 4 is 23.4 Å². The van der Waals surface area contributed by atoms with Crippen LogP contribution in [0.5, 0.6) is 5.75 Å². The van der Waals surface area contributed by atoms with E-state index in [0.717, 1.165) is 31.4 Å². The van der Waals surface area contributed by atoms with Crippen LogP contribution in [0.15, 0.2) is 24.3 Å². The second-order valence-corrected chi connectivity index (χ2v) is 6.67. The van der Waals surface area contributed by atoms with E-state index in [9.17, 15) is 14.4 Å². The molecule has 1 N–H and O–H groups in total. The maximum atomic E-state index is 12.6. The highest BCUT2D eigenvalue weighted by atomic mass is 16.5. The van der Waals surface area contributed by atoms with Gasteiger partial charge in [-0.05, 0) is 51.0 Å². The molecule has 0 bridgehead atoms. The lowest BCUT2D eigenvalue weighted by molar-refractivity contribution is -0.146. The molecule has 1 aromatic carbocycles. The van der Waals surface area contributed by atoms with Gasteiger partial charge in [-0.1, -0.05) is 12.8 Å². The number of likely N-dealkylation sites (tertiary alicyclic amines) is 1. The molecule has 3 amide bonds. The number of fused-ring (bicyclic) bond motifs is 1. The monoisotopic (exact) mass is 344 g/mol. The van der Waals surface area contributed by atoms with E-state index in [1.54, 1.807) is 31.2 Å². The first-order valence-corrected chi connectivity index (χ1v) is 8.93. The summed E-state index contributed by atoms with van der Waals surface area (Å²) in [6, 6.07) is 6.21. The van der Waals surface area contributed by atoms with E-state index in [2.05, 4.69) is 5.32 Å². The molecule has 25 heavy (non-hydrogen) atoms. The zero-order valence-electron chi connectivity index (χ0n) is 14.7. The highest BCUT2D eigenvalue weighted by molar-refractivity contribution is 6.09. The fraction of sp³-hybridized carbons (Fsp3) is 0.526. The topological polar surface area (TPSA) is 75.7 Å². The second-order valence-electron chi connectivity index (χ2n) is 6.67. The maximum absolute atomic E-state index is 12.6. The molecule has 3 atom stereocenters. The largest absolute Gasteiger partial charge is 0.494 e. The molecule has 1 aliphatic heterocycles. The number of imide groups is 1. The van der Waals surface area contributed by atoms with Gasteiger partial charge < -0.3 is 10.1 Å². The van der Waals surface area contributed by atoms with Gasteiger partial charge in [0.25, 0.3) is 0 Å². The van der Waals surface area contributed by atoms with Crippen LogP contribution in [-0.4, -0.2) is 35.3 Å². The number of amides is 3. The second kappa shape index (κ2) is 7.25. The summed E-state index contributed by atoms with van der Waals surface area (Å²) in [6.45, 7) is 4.08. The Balaban J connectivity index is 1.67. The Morgan fingerprint density at radius 1 is 1.16 bits per heavy atom. The van der Waals surface area contributed by atoms with Crippen molar-refractivity contribution in [3.05, 3.63) is 24.3 Å². The average Bonchev–Trinajstić information content (AvgIpc) is 2.87. The van der Waals surface area contributed by atoms with E-state index in [0.29, 0.717) is 12.3 Å². The van der Waals surface area contributed by atoms with E-state index in [1.807, 2.05) is 6.92 Å². The number of hydrogen-bond acceptors (Lipinski definition) is 4. The lowest BCUT2D eigenvalue weighted by Crippen LogP contribution is -2.46. The molecule has 1 saturated heterocycles. The van der Waals surface area contributed by atoms with Gasteiger partial charge in [0.05, 0.1) is 18.4 Å². The number of ether oxygens (including phenoxy) is 1. The number of nitrogens with one attached hydrogen (secondary N) is 1. The molecule has 6 nitrogen and oxygen atoms in total. The minimum atomic E-state index is -0.808. The standard InChI is InChI=1S/C19H24N2O4/c1-3-25-14-10-8-13(9-11-14)20-17(22)12(2)21-18(23)15-6-4-5-7-16(15)19(21)24/h8-12,15-16H,3-7H2,1-2H3,(H,20,22). The molecule has 0 aromatic heterocycles. The van der Waals surface area contributed by atoms with Crippen LogP contribution in [0.3, 0.4) is 0 Å². The fourth-order valence-electron chi connectivity index (χ4n) is 3.73. The highest BCUT2D eigenvalue weighted by Crippen LogP contribution is 2.38. The number of benzene rings is 1. The van der Waals surface area contributed by atoms with Crippen molar-refractivity contribution in [1.82, 2.24) is 4.90 Å². The third-order valence-corrected chi connectivity index (χ3v) is 5.07. The van der Waals surface area contributed by atoms with E-state index >= 15 is 0 Å². The maximum Gasteiger partial charge on any atom is 0.247 e. The van der Waals surface area contributed by atoms with Gasteiger partial charge in [-0.25, -0.2) is 0 Å². The van der Waals surface area contributed by atoms with Crippen molar-refractivity contribution in [2.45, 2.75) is 45.6 Å². The van der Waals surface area contributed by atoms with Crippen LogP contribution in [0.25, 0.3) is 0 Å². The minimum absolute atomic E-state index is 0.191. The van der Waals surface area contributed by atoms with Crippen LogP contribution in [0.1, 0.15) is 39.5 Å². The third kappa shape index (κ3) is 3.38. The quantitative estimate of drug-likeness (QED) is 0.833. The molecule has 2 fully saturated rings. The predicted molar refractivity (Wildman–Crippen MR) is 93.0 cm³/mol. The van der Waals surface area contributed by atoms with Gasteiger partial charge in [-0.3, -0.25) is 19.3 Å². The zero-order chi connectivity index (χ0) is 18.0. The molecule has 1 aliphatic carbocycles. The van der Waals surface area contributed by atoms with Crippen LogP contribution in [0.4, 0.5) is 5.69 Å². The van der Waals surface area contributed by atoms with Crippen molar-refractivity contribution < 1.29 is 19.1 Å². The van der Waals surface area contributed by atoms with Crippen molar-refractivity contribution in [3.63, 3.8) is 0 Å². The van der Waals surface area contributed by atoms with Gasteiger partial charge in [0.2, 0.25) is 17.7 Å².